The molecule has 0 aromatic heterocycles. The van der Waals surface area contributed by atoms with E-state index in [9.17, 15) is 4.79 Å². The molecule has 142 valence electrons. The van der Waals surface area contributed by atoms with Crippen molar-refractivity contribution >= 4 is 39.7 Å². The molecular weight excluding hydrogens is 373 g/mol. The van der Waals surface area contributed by atoms with Gasteiger partial charge in [0.1, 0.15) is 0 Å². The topological polar surface area (TPSA) is 54.0 Å². The molecule has 0 rings (SSSR count). The van der Waals surface area contributed by atoms with E-state index in [0.29, 0.717) is 6.42 Å². The average Bonchev–Trinajstić information content (AvgIpc) is 2.28. The van der Waals surface area contributed by atoms with Crippen molar-refractivity contribution in [3.63, 3.8) is 0 Å². The summed E-state index contributed by atoms with van der Waals surface area (Å²) in [7, 11) is -9.20. The van der Waals surface area contributed by atoms with E-state index in [-0.39, 0.29) is 0 Å². The minimum Gasteiger partial charge on any atom is -0.455 e. The van der Waals surface area contributed by atoms with E-state index in [4.69, 9.17) is 17.1 Å². The third kappa shape index (κ3) is 9.44. The fraction of sp³-hybridized carbons (Fsp3) is 0.800. The standard InChI is InChI=1S/C15H36O5Si4/c1-12-14(16)17-15(13-2)24(18-21(3,4)5,19-22(6,7)8)20-23(9,10)11/h12,15H,1,13H2,2-11H3. The lowest BCUT2D eigenvalue weighted by Gasteiger charge is -2.45. The molecule has 0 radical (unpaired) electrons. The van der Waals surface area contributed by atoms with Crippen molar-refractivity contribution in [2.45, 2.75) is 78.0 Å². The molecule has 9 heteroatoms. The Morgan fingerprint density at radius 3 is 1.42 bits per heavy atom. The molecule has 0 aliphatic carbocycles. The predicted molar refractivity (Wildman–Crippen MR) is 109 cm³/mol. The Hall–Kier alpha value is -0.0425. The molecule has 5 nitrogen and oxygen atoms in total. The zero-order valence-electron chi connectivity index (χ0n) is 17.1. The highest BCUT2D eigenvalue weighted by Gasteiger charge is 2.57. The molecule has 0 amide bonds. The highest BCUT2D eigenvalue weighted by molar-refractivity contribution is 6.90. The van der Waals surface area contributed by atoms with Gasteiger partial charge in [-0.05, 0) is 65.3 Å². The quantitative estimate of drug-likeness (QED) is 0.302. The van der Waals surface area contributed by atoms with Gasteiger partial charge in [0.2, 0.25) is 0 Å². The molecule has 1 atom stereocenters. The van der Waals surface area contributed by atoms with Gasteiger partial charge in [-0.15, -0.1) is 0 Å². The summed E-state index contributed by atoms with van der Waals surface area (Å²) in [5.74, 6) is -0.462. The summed E-state index contributed by atoms with van der Waals surface area (Å²) in [5.41, 5.74) is -0.506. The van der Waals surface area contributed by atoms with Crippen molar-refractivity contribution in [3.8, 4) is 0 Å². The Balaban J connectivity index is 6.09. The number of carbonyl (C=O) groups is 1. The first-order valence-corrected chi connectivity index (χ1v) is 20.5. The Morgan fingerprint density at radius 1 is 0.875 bits per heavy atom. The zero-order valence-corrected chi connectivity index (χ0v) is 21.1. The summed E-state index contributed by atoms with van der Waals surface area (Å²) >= 11 is 0. The van der Waals surface area contributed by atoms with E-state index in [2.05, 4.69) is 65.5 Å². The smallest absolute Gasteiger partial charge is 0.455 e. The maximum Gasteiger partial charge on any atom is 0.512 e. The summed E-state index contributed by atoms with van der Waals surface area (Å²) in [6.07, 6.45) is 1.77. The summed E-state index contributed by atoms with van der Waals surface area (Å²) < 4.78 is 25.3. The summed E-state index contributed by atoms with van der Waals surface area (Å²) in [6, 6.07) is 0. The lowest BCUT2D eigenvalue weighted by atomic mass is 10.5. The Kier molecular flexibility index (Phi) is 8.55. The van der Waals surface area contributed by atoms with Crippen LogP contribution in [0.4, 0.5) is 0 Å². The van der Waals surface area contributed by atoms with Crippen LogP contribution in [-0.2, 0) is 21.9 Å². The normalized spacial score (nSPS) is 15.1. The highest BCUT2D eigenvalue weighted by Crippen LogP contribution is 2.31. The lowest BCUT2D eigenvalue weighted by molar-refractivity contribution is -0.141. The van der Waals surface area contributed by atoms with E-state index < -0.39 is 45.5 Å². The number of hydrogen-bond acceptors (Lipinski definition) is 5. The summed E-state index contributed by atoms with van der Waals surface area (Å²) in [6.45, 7) is 24.4. The van der Waals surface area contributed by atoms with Crippen LogP contribution in [-0.4, -0.2) is 45.5 Å². The van der Waals surface area contributed by atoms with Crippen LogP contribution in [0.15, 0.2) is 12.7 Å². The Morgan fingerprint density at radius 2 is 1.21 bits per heavy atom. The lowest BCUT2D eigenvalue weighted by Crippen LogP contribution is -2.67. The number of rotatable bonds is 10. The van der Waals surface area contributed by atoms with Gasteiger partial charge in [-0.1, -0.05) is 13.5 Å². The molecule has 0 spiro atoms. The second kappa shape index (κ2) is 8.56. The number of ether oxygens (including phenoxy) is 1. The van der Waals surface area contributed by atoms with Crippen molar-refractivity contribution in [2.24, 2.45) is 0 Å². The minimum atomic E-state index is -3.22. The van der Waals surface area contributed by atoms with Crippen molar-refractivity contribution in [1.29, 1.82) is 0 Å². The van der Waals surface area contributed by atoms with E-state index in [0.717, 1.165) is 0 Å². The molecule has 0 saturated heterocycles. The minimum absolute atomic E-state index is 0.462. The molecule has 1 unspecified atom stereocenters. The van der Waals surface area contributed by atoms with Crippen molar-refractivity contribution in [1.82, 2.24) is 0 Å². The van der Waals surface area contributed by atoms with Gasteiger partial charge in [0, 0.05) is 6.08 Å². The van der Waals surface area contributed by atoms with Gasteiger partial charge in [0.15, 0.2) is 30.7 Å². The third-order valence-electron chi connectivity index (χ3n) is 2.54. The summed E-state index contributed by atoms with van der Waals surface area (Å²) in [4.78, 5) is 11.9. The predicted octanol–water partition coefficient (Wildman–Crippen LogP) is 4.53. The van der Waals surface area contributed by atoms with E-state index in [1.165, 1.54) is 6.08 Å². The van der Waals surface area contributed by atoms with E-state index >= 15 is 0 Å². The molecule has 0 fully saturated rings. The number of hydrogen-bond donors (Lipinski definition) is 0. The van der Waals surface area contributed by atoms with Gasteiger partial charge in [-0.2, -0.15) is 0 Å². The van der Waals surface area contributed by atoms with Crippen LogP contribution in [0.1, 0.15) is 13.3 Å². The average molecular weight is 409 g/mol. The van der Waals surface area contributed by atoms with Gasteiger partial charge in [-0.3, -0.25) is 0 Å². The molecular formula is C15H36O5Si4. The van der Waals surface area contributed by atoms with Crippen molar-refractivity contribution < 1.29 is 21.9 Å². The molecule has 24 heavy (non-hydrogen) atoms. The maximum atomic E-state index is 11.9. The molecule has 0 N–H and O–H groups in total. The number of esters is 1. The molecule has 0 aliphatic rings. The van der Waals surface area contributed by atoms with Crippen LogP contribution in [0, 0.1) is 0 Å². The fourth-order valence-electron chi connectivity index (χ4n) is 2.13. The first kappa shape index (κ1) is 24.0. The third-order valence-corrected chi connectivity index (χ3v) is 14.6. The van der Waals surface area contributed by atoms with Crippen LogP contribution in [0.5, 0.6) is 0 Å². The van der Waals surface area contributed by atoms with Gasteiger partial charge < -0.3 is 17.1 Å². The zero-order chi connectivity index (χ0) is 19.4. The van der Waals surface area contributed by atoms with Crippen LogP contribution >= 0.6 is 0 Å². The largest absolute Gasteiger partial charge is 0.512 e. The highest BCUT2D eigenvalue weighted by atomic mass is 28.5. The molecule has 0 bridgehead atoms. The van der Waals surface area contributed by atoms with E-state index in [1.54, 1.807) is 0 Å². The van der Waals surface area contributed by atoms with Gasteiger partial charge in [0.05, 0.1) is 0 Å². The second-order valence-corrected chi connectivity index (χ2v) is 25.8. The van der Waals surface area contributed by atoms with Gasteiger partial charge >= 0.3 is 14.8 Å². The molecule has 0 saturated carbocycles. The van der Waals surface area contributed by atoms with Crippen LogP contribution in [0.2, 0.25) is 58.9 Å². The van der Waals surface area contributed by atoms with Gasteiger partial charge in [-0.25, -0.2) is 4.79 Å². The van der Waals surface area contributed by atoms with Crippen LogP contribution in [0.3, 0.4) is 0 Å². The van der Waals surface area contributed by atoms with Crippen LogP contribution in [0.25, 0.3) is 0 Å². The number of carbonyl (C=O) groups excluding carboxylic acids is 1. The first-order valence-electron chi connectivity index (χ1n) is 8.47. The summed E-state index contributed by atoms with van der Waals surface area (Å²) in [5, 5.41) is 0. The second-order valence-electron chi connectivity index (χ2n) is 8.78. The van der Waals surface area contributed by atoms with Crippen LogP contribution < -0.4 is 0 Å². The Bertz CT molecular complexity index is 394. The molecule has 0 heterocycles. The van der Waals surface area contributed by atoms with E-state index in [1.807, 2.05) is 6.92 Å². The SMILES string of the molecule is C=CC(=O)OC(CC)[Si](O[Si](C)(C)C)(O[Si](C)(C)C)O[Si](C)(C)C. The molecule has 0 aromatic rings. The Labute approximate surface area is 152 Å². The van der Waals surface area contributed by atoms with Crippen molar-refractivity contribution in [3.05, 3.63) is 12.7 Å². The monoisotopic (exact) mass is 408 g/mol. The fourth-order valence-corrected chi connectivity index (χ4v) is 16.3. The first-order chi connectivity index (χ1) is 10.5. The van der Waals surface area contributed by atoms with Gasteiger partial charge in [0.25, 0.3) is 0 Å². The molecule has 0 aliphatic heterocycles. The molecule has 0 aromatic carbocycles. The van der Waals surface area contributed by atoms with Crippen molar-refractivity contribution in [2.75, 3.05) is 0 Å². The maximum absolute atomic E-state index is 11.9.